The lowest BCUT2D eigenvalue weighted by molar-refractivity contribution is 0.354. The highest BCUT2D eigenvalue weighted by molar-refractivity contribution is 5.93. The highest BCUT2D eigenvalue weighted by Crippen LogP contribution is 2.39. The molecule has 0 aliphatic carbocycles. The molecule has 0 heterocycles. The van der Waals surface area contributed by atoms with Gasteiger partial charge in [-0.3, -0.25) is 0 Å². The molecule has 0 aliphatic rings. The van der Waals surface area contributed by atoms with E-state index in [2.05, 4.69) is 0 Å². The highest BCUT2D eigenvalue weighted by atomic mass is 16.5. The Kier molecular flexibility index (Phi) is 5.83. The van der Waals surface area contributed by atoms with Gasteiger partial charge in [-0.2, -0.15) is 0 Å². The maximum absolute atomic E-state index is 10.6. The van der Waals surface area contributed by atoms with E-state index in [4.69, 9.17) is 18.9 Å². The normalized spacial score (nSPS) is 10.8. The standard InChI is InChI=1S/C23H26O5/c1-6-16-18-13-23(28-5)22(27-4)12-17(18)15(11-19(16)24)9-14-7-8-20(25-2)21(10-14)26-3/h7-8,10-13,24H,6,9H2,1-5H3. The van der Waals surface area contributed by atoms with Crippen LogP contribution in [0.2, 0.25) is 0 Å². The summed E-state index contributed by atoms with van der Waals surface area (Å²) in [6.07, 6.45) is 1.35. The van der Waals surface area contributed by atoms with Gasteiger partial charge >= 0.3 is 0 Å². The van der Waals surface area contributed by atoms with E-state index in [0.717, 1.165) is 27.5 Å². The second-order valence-corrected chi connectivity index (χ2v) is 6.51. The molecular formula is C23H26O5. The van der Waals surface area contributed by atoms with Crippen molar-refractivity contribution < 1.29 is 24.1 Å². The Hall–Kier alpha value is -3.08. The number of rotatable bonds is 7. The Balaban J connectivity index is 2.18. The zero-order valence-electron chi connectivity index (χ0n) is 17.0. The number of ether oxygens (including phenoxy) is 4. The molecule has 1 N–H and O–H groups in total. The quantitative estimate of drug-likeness (QED) is 0.640. The zero-order valence-corrected chi connectivity index (χ0v) is 17.0. The number of hydrogen-bond donors (Lipinski definition) is 1. The Morgan fingerprint density at radius 2 is 1.29 bits per heavy atom. The van der Waals surface area contributed by atoms with Gasteiger partial charge in [0.15, 0.2) is 23.0 Å². The van der Waals surface area contributed by atoms with Crippen LogP contribution in [0.1, 0.15) is 23.6 Å². The van der Waals surface area contributed by atoms with Crippen molar-refractivity contribution in [1.29, 1.82) is 0 Å². The van der Waals surface area contributed by atoms with Gasteiger partial charge in [0, 0.05) is 5.56 Å². The van der Waals surface area contributed by atoms with Gasteiger partial charge in [-0.1, -0.05) is 13.0 Å². The van der Waals surface area contributed by atoms with Gasteiger partial charge in [0.2, 0.25) is 0 Å². The first-order chi connectivity index (χ1) is 13.6. The van der Waals surface area contributed by atoms with Crippen LogP contribution in [0.25, 0.3) is 10.8 Å². The van der Waals surface area contributed by atoms with Crippen molar-refractivity contribution >= 4 is 10.8 Å². The van der Waals surface area contributed by atoms with E-state index >= 15 is 0 Å². The topological polar surface area (TPSA) is 57.2 Å². The van der Waals surface area contributed by atoms with Gasteiger partial charge in [0.25, 0.3) is 0 Å². The maximum Gasteiger partial charge on any atom is 0.161 e. The number of hydrogen-bond acceptors (Lipinski definition) is 5. The lowest BCUT2D eigenvalue weighted by atomic mass is 9.93. The summed E-state index contributed by atoms with van der Waals surface area (Å²) in [4.78, 5) is 0. The van der Waals surface area contributed by atoms with Crippen LogP contribution >= 0.6 is 0 Å². The number of fused-ring (bicyclic) bond motifs is 1. The van der Waals surface area contributed by atoms with Gasteiger partial charge in [-0.05, 0) is 65.1 Å². The zero-order chi connectivity index (χ0) is 20.3. The van der Waals surface area contributed by atoms with E-state index in [1.54, 1.807) is 28.4 Å². The number of aromatic hydroxyl groups is 1. The summed E-state index contributed by atoms with van der Waals surface area (Å²) >= 11 is 0. The van der Waals surface area contributed by atoms with Crippen molar-refractivity contribution in [1.82, 2.24) is 0 Å². The van der Waals surface area contributed by atoms with E-state index in [1.165, 1.54) is 0 Å². The minimum Gasteiger partial charge on any atom is -0.508 e. The molecule has 0 amide bonds. The second-order valence-electron chi connectivity index (χ2n) is 6.51. The van der Waals surface area contributed by atoms with Crippen LogP contribution in [-0.2, 0) is 12.8 Å². The van der Waals surface area contributed by atoms with Crippen LogP contribution in [-0.4, -0.2) is 33.5 Å². The monoisotopic (exact) mass is 382 g/mol. The molecule has 5 nitrogen and oxygen atoms in total. The number of aryl methyl sites for hydroxylation is 1. The lowest BCUT2D eigenvalue weighted by Gasteiger charge is -2.16. The van der Waals surface area contributed by atoms with Crippen molar-refractivity contribution in [3.8, 4) is 28.7 Å². The molecular weight excluding hydrogens is 356 g/mol. The molecule has 0 spiro atoms. The van der Waals surface area contributed by atoms with Crippen LogP contribution in [0.5, 0.6) is 28.7 Å². The molecule has 0 unspecified atom stereocenters. The molecule has 0 saturated carbocycles. The average Bonchev–Trinajstić information content (AvgIpc) is 2.72. The van der Waals surface area contributed by atoms with E-state index in [1.807, 2.05) is 43.3 Å². The van der Waals surface area contributed by atoms with Crippen LogP contribution in [0.3, 0.4) is 0 Å². The second kappa shape index (κ2) is 8.30. The van der Waals surface area contributed by atoms with Gasteiger partial charge in [0.05, 0.1) is 28.4 Å². The molecule has 0 radical (unpaired) electrons. The molecule has 28 heavy (non-hydrogen) atoms. The SMILES string of the molecule is CCc1c(O)cc(Cc2ccc(OC)c(OC)c2)c2cc(OC)c(OC)cc12. The van der Waals surface area contributed by atoms with Gasteiger partial charge in [0.1, 0.15) is 5.75 Å². The Morgan fingerprint density at radius 3 is 1.86 bits per heavy atom. The number of phenols is 1. The van der Waals surface area contributed by atoms with E-state index < -0.39 is 0 Å². The third-order valence-electron chi connectivity index (χ3n) is 5.01. The van der Waals surface area contributed by atoms with Crippen LogP contribution in [0, 0.1) is 0 Å². The third-order valence-corrected chi connectivity index (χ3v) is 5.01. The molecule has 3 rings (SSSR count). The summed E-state index contributed by atoms with van der Waals surface area (Å²) in [5.74, 6) is 2.96. The fourth-order valence-electron chi connectivity index (χ4n) is 3.59. The molecule has 0 fully saturated rings. The third kappa shape index (κ3) is 3.52. The maximum atomic E-state index is 10.6. The summed E-state index contributed by atoms with van der Waals surface area (Å²) in [5.41, 5.74) is 2.95. The summed E-state index contributed by atoms with van der Waals surface area (Å²) in [6.45, 7) is 2.03. The molecule has 0 aromatic heterocycles. The minimum atomic E-state index is 0.290. The predicted molar refractivity (Wildman–Crippen MR) is 110 cm³/mol. The van der Waals surface area contributed by atoms with Gasteiger partial charge in [-0.25, -0.2) is 0 Å². The van der Waals surface area contributed by atoms with Crippen molar-refractivity contribution in [3.63, 3.8) is 0 Å². The van der Waals surface area contributed by atoms with E-state index in [0.29, 0.717) is 35.8 Å². The average molecular weight is 382 g/mol. The fourth-order valence-corrected chi connectivity index (χ4v) is 3.59. The first-order valence-electron chi connectivity index (χ1n) is 9.16. The molecule has 0 aliphatic heterocycles. The van der Waals surface area contributed by atoms with Crippen molar-refractivity contribution in [2.45, 2.75) is 19.8 Å². The summed E-state index contributed by atoms with van der Waals surface area (Å²) < 4.78 is 21.7. The van der Waals surface area contributed by atoms with Crippen LogP contribution in [0.4, 0.5) is 0 Å². The molecule has 3 aromatic rings. The van der Waals surface area contributed by atoms with E-state index in [9.17, 15) is 5.11 Å². The molecule has 0 bridgehead atoms. The van der Waals surface area contributed by atoms with Gasteiger partial charge < -0.3 is 24.1 Å². The highest BCUT2D eigenvalue weighted by Gasteiger charge is 2.16. The molecule has 148 valence electrons. The molecule has 0 saturated heterocycles. The summed E-state index contributed by atoms with van der Waals surface area (Å²) in [6, 6.07) is 11.6. The Bertz CT molecular complexity index is 994. The summed E-state index contributed by atoms with van der Waals surface area (Å²) in [7, 11) is 6.48. The van der Waals surface area contributed by atoms with Crippen molar-refractivity contribution in [3.05, 3.63) is 53.1 Å². The number of phenolic OH excluding ortho intramolecular Hbond substituents is 1. The smallest absolute Gasteiger partial charge is 0.161 e. The van der Waals surface area contributed by atoms with E-state index in [-0.39, 0.29) is 5.75 Å². The lowest BCUT2D eigenvalue weighted by Crippen LogP contribution is -1.98. The largest absolute Gasteiger partial charge is 0.508 e. The van der Waals surface area contributed by atoms with Gasteiger partial charge in [-0.15, -0.1) is 0 Å². The minimum absolute atomic E-state index is 0.290. The summed E-state index contributed by atoms with van der Waals surface area (Å²) in [5, 5.41) is 12.6. The van der Waals surface area contributed by atoms with Crippen LogP contribution in [0.15, 0.2) is 36.4 Å². The Labute approximate surface area is 165 Å². The van der Waals surface area contributed by atoms with Crippen LogP contribution < -0.4 is 18.9 Å². The Morgan fingerprint density at radius 1 is 0.714 bits per heavy atom. The van der Waals surface area contributed by atoms with Crippen molar-refractivity contribution in [2.24, 2.45) is 0 Å². The first-order valence-corrected chi connectivity index (χ1v) is 9.16. The fraction of sp³-hybridized carbons (Fsp3) is 0.304. The molecule has 3 aromatic carbocycles. The molecule has 5 heteroatoms. The predicted octanol–water partition coefficient (Wildman–Crippen LogP) is 4.73. The van der Waals surface area contributed by atoms with Crippen molar-refractivity contribution in [2.75, 3.05) is 28.4 Å². The number of methoxy groups -OCH3 is 4. The molecule has 0 atom stereocenters. The number of benzene rings is 3. The first kappa shape index (κ1) is 19.7.